The molecule has 0 radical (unpaired) electrons. The SMILES string of the molecule is O=C1CCc2ccc(/C=C3/c4ccccc4CCc4cc(C(F)(F)F)ccc43)cc2N1. The third-order valence-electron chi connectivity index (χ3n) is 6.03. The van der Waals surface area contributed by atoms with Crippen LogP contribution < -0.4 is 5.32 Å². The van der Waals surface area contributed by atoms with E-state index in [9.17, 15) is 18.0 Å². The molecule has 2 aliphatic rings. The highest BCUT2D eigenvalue weighted by Gasteiger charge is 2.31. The third kappa shape index (κ3) is 3.76. The van der Waals surface area contributed by atoms with Gasteiger partial charge in [0.05, 0.1) is 5.56 Å². The normalized spacial score (nSPS) is 16.7. The van der Waals surface area contributed by atoms with E-state index in [0.29, 0.717) is 31.2 Å². The molecule has 0 atom stereocenters. The predicted molar refractivity (Wildman–Crippen MR) is 116 cm³/mol. The lowest BCUT2D eigenvalue weighted by atomic mass is 9.91. The van der Waals surface area contributed by atoms with Crippen LogP contribution >= 0.6 is 0 Å². The van der Waals surface area contributed by atoms with Gasteiger partial charge >= 0.3 is 6.18 Å². The van der Waals surface area contributed by atoms with Crippen LogP contribution in [0.25, 0.3) is 11.6 Å². The molecule has 3 aromatic rings. The van der Waals surface area contributed by atoms with Gasteiger partial charge in [-0.1, -0.05) is 42.5 Å². The standard InChI is InChI=1S/C26H20F3NO/c27-26(28,29)20-10-11-22-19(15-20)8-7-17-3-1-2-4-21(17)23(22)13-16-5-6-18-9-12-25(31)30-24(18)14-16/h1-6,10-11,13-15H,7-9,12H2,(H,30,31)/b23-13-. The highest BCUT2D eigenvalue weighted by atomic mass is 19.4. The number of carbonyl (C=O) groups is 1. The van der Waals surface area contributed by atoms with Gasteiger partial charge in [0.25, 0.3) is 0 Å². The van der Waals surface area contributed by atoms with Crippen LogP contribution in [0.3, 0.4) is 0 Å². The molecule has 0 aromatic heterocycles. The van der Waals surface area contributed by atoms with Crippen LogP contribution in [0.1, 0.15) is 45.4 Å². The number of hydrogen-bond acceptors (Lipinski definition) is 1. The van der Waals surface area contributed by atoms with Gasteiger partial charge in [0.2, 0.25) is 5.91 Å². The van der Waals surface area contributed by atoms with Gasteiger partial charge in [0.15, 0.2) is 0 Å². The van der Waals surface area contributed by atoms with Crippen molar-refractivity contribution < 1.29 is 18.0 Å². The minimum atomic E-state index is -4.37. The molecule has 1 aliphatic heterocycles. The zero-order chi connectivity index (χ0) is 21.6. The molecule has 1 aliphatic carbocycles. The second-order valence-corrected chi connectivity index (χ2v) is 8.05. The van der Waals surface area contributed by atoms with Gasteiger partial charge < -0.3 is 5.32 Å². The summed E-state index contributed by atoms with van der Waals surface area (Å²) >= 11 is 0. The fourth-order valence-corrected chi connectivity index (χ4v) is 4.46. The Balaban J connectivity index is 1.67. The molecule has 156 valence electrons. The number of alkyl halides is 3. The summed E-state index contributed by atoms with van der Waals surface area (Å²) in [6.07, 6.45) is 0.0710. The third-order valence-corrected chi connectivity index (χ3v) is 6.03. The second kappa shape index (κ2) is 7.41. The summed E-state index contributed by atoms with van der Waals surface area (Å²) < 4.78 is 39.9. The minimum Gasteiger partial charge on any atom is -0.326 e. The molecule has 1 amide bonds. The molecule has 0 unspecified atom stereocenters. The Kier molecular flexibility index (Phi) is 4.69. The van der Waals surface area contributed by atoms with Crippen LogP contribution in [-0.2, 0) is 30.2 Å². The van der Waals surface area contributed by atoms with Crippen molar-refractivity contribution in [3.8, 4) is 0 Å². The van der Waals surface area contributed by atoms with Gasteiger partial charge in [-0.3, -0.25) is 4.79 Å². The Morgan fingerprint density at radius 2 is 1.52 bits per heavy atom. The molecule has 0 saturated heterocycles. The van der Waals surface area contributed by atoms with Gasteiger partial charge in [-0.05, 0) is 82.5 Å². The first kappa shape index (κ1) is 19.6. The van der Waals surface area contributed by atoms with E-state index in [0.717, 1.165) is 45.1 Å². The summed E-state index contributed by atoms with van der Waals surface area (Å²) in [6, 6.07) is 18.0. The second-order valence-electron chi connectivity index (χ2n) is 8.05. The molecule has 3 aromatic carbocycles. The van der Waals surface area contributed by atoms with Gasteiger partial charge in [-0.25, -0.2) is 0 Å². The molecular formula is C26H20F3NO. The number of rotatable bonds is 1. The summed E-state index contributed by atoms with van der Waals surface area (Å²) in [7, 11) is 0. The van der Waals surface area contributed by atoms with Crippen LogP contribution in [0.2, 0.25) is 0 Å². The van der Waals surface area contributed by atoms with Gasteiger partial charge in [-0.2, -0.15) is 13.2 Å². The van der Waals surface area contributed by atoms with Crippen molar-refractivity contribution in [3.05, 3.63) is 99.6 Å². The molecule has 0 spiro atoms. The van der Waals surface area contributed by atoms with Gasteiger partial charge in [-0.15, -0.1) is 0 Å². The van der Waals surface area contributed by atoms with Gasteiger partial charge in [0.1, 0.15) is 0 Å². The minimum absolute atomic E-state index is 0.00198. The van der Waals surface area contributed by atoms with E-state index in [4.69, 9.17) is 0 Å². The highest BCUT2D eigenvalue weighted by molar-refractivity contribution is 5.97. The van der Waals surface area contributed by atoms with E-state index < -0.39 is 11.7 Å². The number of benzene rings is 3. The Bertz CT molecular complexity index is 1220. The van der Waals surface area contributed by atoms with E-state index in [1.165, 1.54) is 6.07 Å². The molecular weight excluding hydrogens is 399 g/mol. The van der Waals surface area contributed by atoms with E-state index in [-0.39, 0.29) is 5.91 Å². The van der Waals surface area contributed by atoms with Crippen LogP contribution in [0, 0.1) is 0 Å². The zero-order valence-electron chi connectivity index (χ0n) is 16.7. The summed E-state index contributed by atoms with van der Waals surface area (Å²) in [5, 5.41) is 2.92. The topological polar surface area (TPSA) is 29.1 Å². The van der Waals surface area contributed by atoms with E-state index in [1.807, 2.05) is 48.5 Å². The number of anilines is 1. The first-order valence-corrected chi connectivity index (χ1v) is 10.3. The monoisotopic (exact) mass is 419 g/mol. The van der Waals surface area contributed by atoms with Crippen molar-refractivity contribution in [2.45, 2.75) is 31.9 Å². The largest absolute Gasteiger partial charge is 0.416 e. The molecule has 5 heteroatoms. The maximum atomic E-state index is 13.3. The van der Waals surface area contributed by atoms with E-state index in [1.54, 1.807) is 6.07 Å². The molecule has 0 bridgehead atoms. The first-order valence-electron chi connectivity index (χ1n) is 10.3. The Morgan fingerprint density at radius 1 is 0.774 bits per heavy atom. The fraction of sp³-hybridized carbons (Fsp3) is 0.192. The average molecular weight is 419 g/mol. The molecule has 2 nitrogen and oxygen atoms in total. The predicted octanol–water partition coefficient (Wildman–Crippen LogP) is 6.28. The molecule has 1 N–H and O–H groups in total. The maximum absolute atomic E-state index is 13.3. The molecule has 0 fully saturated rings. The Morgan fingerprint density at radius 3 is 2.35 bits per heavy atom. The summed E-state index contributed by atoms with van der Waals surface area (Å²) in [5.41, 5.74) is 6.75. The van der Waals surface area contributed by atoms with Crippen molar-refractivity contribution in [1.82, 2.24) is 0 Å². The van der Waals surface area contributed by atoms with Crippen molar-refractivity contribution >= 4 is 23.2 Å². The number of halogens is 3. The smallest absolute Gasteiger partial charge is 0.326 e. The fourth-order valence-electron chi connectivity index (χ4n) is 4.46. The molecule has 31 heavy (non-hydrogen) atoms. The summed E-state index contributed by atoms with van der Waals surface area (Å²) in [4.78, 5) is 11.8. The number of hydrogen-bond donors (Lipinski definition) is 1. The summed E-state index contributed by atoms with van der Waals surface area (Å²) in [6.45, 7) is 0. The number of nitrogens with one attached hydrogen (secondary N) is 1. The van der Waals surface area contributed by atoms with Gasteiger partial charge in [0, 0.05) is 12.1 Å². The number of aryl methyl sites for hydroxylation is 3. The molecule has 1 heterocycles. The lowest BCUT2D eigenvalue weighted by Gasteiger charge is -2.18. The van der Waals surface area contributed by atoms with E-state index >= 15 is 0 Å². The molecule has 5 rings (SSSR count). The van der Waals surface area contributed by atoms with Crippen LogP contribution in [-0.4, -0.2) is 5.91 Å². The van der Waals surface area contributed by atoms with Crippen LogP contribution in [0.15, 0.2) is 60.7 Å². The highest BCUT2D eigenvalue weighted by Crippen LogP contribution is 2.38. The zero-order valence-corrected chi connectivity index (χ0v) is 16.7. The maximum Gasteiger partial charge on any atom is 0.416 e. The van der Waals surface area contributed by atoms with E-state index in [2.05, 4.69) is 5.32 Å². The number of amides is 1. The van der Waals surface area contributed by atoms with Crippen molar-refractivity contribution in [2.24, 2.45) is 0 Å². The van der Waals surface area contributed by atoms with Crippen molar-refractivity contribution in [2.75, 3.05) is 5.32 Å². The first-order chi connectivity index (χ1) is 14.9. The Hall–Kier alpha value is -3.34. The Labute approximate surface area is 178 Å². The summed E-state index contributed by atoms with van der Waals surface area (Å²) in [5.74, 6) is 0.00198. The number of fused-ring (bicyclic) bond motifs is 3. The quantitative estimate of drug-likeness (QED) is 0.494. The lowest BCUT2D eigenvalue weighted by molar-refractivity contribution is -0.137. The van der Waals surface area contributed by atoms with Crippen LogP contribution in [0.5, 0.6) is 0 Å². The lowest BCUT2D eigenvalue weighted by Crippen LogP contribution is -2.18. The van der Waals surface area contributed by atoms with Crippen molar-refractivity contribution in [3.63, 3.8) is 0 Å². The van der Waals surface area contributed by atoms with Crippen molar-refractivity contribution in [1.29, 1.82) is 0 Å². The number of carbonyl (C=O) groups excluding carboxylic acids is 1. The van der Waals surface area contributed by atoms with Crippen LogP contribution in [0.4, 0.5) is 18.9 Å². The average Bonchev–Trinajstić information content (AvgIpc) is 2.90. The molecule has 0 saturated carbocycles.